The first-order valence-electron chi connectivity index (χ1n) is 12.9. The number of hydrogen-bond donors (Lipinski definition) is 2. The highest BCUT2D eigenvalue weighted by Gasteiger charge is 2.50. The number of carbonyl (C=O) groups is 2. The summed E-state index contributed by atoms with van der Waals surface area (Å²) in [6.07, 6.45) is 10.1. The Morgan fingerprint density at radius 3 is 2.09 bits per heavy atom. The zero-order chi connectivity index (χ0) is 24.8. The van der Waals surface area contributed by atoms with Crippen LogP contribution in [0.2, 0.25) is 0 Å². The van der Waals surface area contributed by atoms with Crippen molar-refractivity contribution in [3.63, 3.8) is 0 Å². The van der Waals surface area contributed by atoms with E-state index in [0.29, 0.717) is 31.5 Å². The number of nitrogens with one attached hydrogen (secondary N) is 2. The molecule has 0 aromatic heterocycles. The van der Waals surface area contributed by atoms with E-state index in [4.69, 9.17) is 0 Å². The zero-order valence-electron chi connectivity index (χ0n) is 20.6. The quantitative estimate of drug-likeness (QED) is 0.562. The van der Waals surface area contributed by atoms with Crippen LogP contribution >= 0.6 is 0 Å². The van der Waals surface area contributed by atoms with Crippen molar-refractivity contribution in [3.05, 3.63) is 42.5 Å². The summed E-state index contributed by atoms with van der Waals surface area (Å²) in [5, 5.41) is 6.07. The third-order valence-corrected chi connectivity index (χ3v) is 10.9. The molecule has 1 saturated heterocycles. The smallest absolute Gasteiger partial charge is 0.251 e. The maximum atomic E-state index is 13.2. The van der Waals surface area contributed by atoms with Crippen molar-refractivity contribution in [2.24, 2.45) is 23.2 Å². The molecular weight excluding hydrogens is 462 g/mol. The second-order valence-corrected chi connectivity index (χ2v) is 13.7. The van der Waals surface area contributed by atoms with Gasteiger partial charge < -0.3 is 10.6 Å². The van der Waals surface area contributed by atoms with E-state index in [-0.39, 0.29) is 22.1 Å². The lowest BCUT2D eigenvalue weighted by Crippen LogP contribution is -2.53. The van der Waals surface area contributed by atoms with Crippen LogP contribution < -0.4 is 10.6 Å². The Kier molecular flexibility index (Phi) is 6.33. The largest absolute Gasteiger partial charge is 0.351 e. The van der Waals surface area contributed by atoms with Crippen molar-refractivity contribution in [1.82, 2.24) is 14.9 Å². The molecule has 190 valence electrons. The topological polar surface area (TPSA) is 95.6 Å². The fraction of sp³-hybridized carbons (Fsp3) is 0.630. The number of nitrogens with zero attached hydrogens (tertiary/aromatic N) is 1. The predicted octanol–water partition coefficient (Wildman–Crippen LogP) is 3.48. The second kappa shape index (κ2) is 9.04. The van der Waals surface area contributed by atoms with E-state index in [9.17, 15) is 18.0 Å². The van der Waals surface area contributed by atoms with Crippen LogP contribution in [0.4, 0.5) is 0 Å². The minimum Gasteiger partial charge on any atom is -0.351 e. The molecule has 2 N–H and O–H groups in total. The van der Waals surface area contributed by atoms with Crippen molar-refractivity contribution >= 4 is 21.8 Å². The maximum Gasteiger partial charge on any atom is 0.251 e. The Labute approximate surface area is 208 Å². The minimum atomic E-state index is -3.66. The van der Waals surface area contributed by atoms with E-state index in [1.165, 1.54) is 61.0 Å². The van der Waals surface area contributed by atoms with Gasteiger partial charge >= 0.3 is 0 Å². The van der Waals surface area contributed by atoms with Crippen LogP contribution in [0.1, 0.15) is 68.6 Å². The van der Waals surface area contributed by atoms with E-state index in [1.807, 2.05) is 6.92 Å². The molecule has 1 heterocycles. The summed E-state index contributed by atoms with van der Waals surface area (Å²) in [7, 11) is -3.66. The first-order chi connectivity index (χ1) is 16.6. The number of hydrogen-bond acceptors (Lipinski definition) is 4. The standard InChI is InChI=1S/C27H37N3O4S/c1-3-24(31)29-26(2)8-10-30(11-9-26)35(33,34)23-6-4-22(5-7-23)25(32)28-18-27-15-19-12-20(16-27)14-21(13-19)17-27/h3-7,19-21H,1,8-18H2,2H3,(H,28,32)(H,29,31). The van der Waals surface area contributed by atoms with Crippen LogP contribution in [-0.4, -0.2) is 49.7 Å². The van der Waals surface area contributed by atoms with Gasteiger partial charge in [-0.1, -0.05) is 6.58 Å². The van der Waals surface area contributed by atoms with Crippen molar-refractivity contribution in [2.75, 3.05) is 19.6 Å². The highest BCUT2D eigenvalue weighted by atomic mass is 32.2. The fourth-order valence-corrected chi connectivity index (χ4v) is 8.94. The molecule has 35 heavy (non-hydrogen) atoms. The Morgan fingerprint density at radius 1 is 1.03 bits per heavy atom. The van der Waals surface area contributed by atoms with Crippen LogP contribution in [0.15, 0.2) is 41.8 Å². The zero-order valence-corrected chi connectivity index (χ0v) is 21.4. The van der Waals surface area contributed by atoms with Gasteiger partial charge in [-0.2, -0.15) is 4.31 Å². The van der Waals surface area contributed by atoms with Gasteiger partial charge in [-0.3, -0.25) is 9.59 Å². The van der Waals surface area contributed by atoms with Crippen LogP contribution in [0.25, 0.3) is 0 Å². The van der Waals surface area contributed by atoms with Gasteiger partial charge in [0.05, 0.1) is 4.90 Å². The molecule has 0 unspecified atom stereocenters. The van der Waals surface area contributed by atoms with Crippen LogP contribution in [0, 0.1) is 23.2 Å². The Balaban J connectivity index is 1.18. The highest BCUT2D eigenvalue weighted by molar-refractivity contribution is 7.89. The lowest BCUT2D eigenvalue weighted by molar-refractivity contribution is -0.118. The summed E-state index contributed by atoms with van der Waals surface area (Å²) in [6.45, 7) is 6.78. The molecule has 7 nitrogen and oxygen atoms in total. The van der Waals surface area contributed by atoms with Crippen LogP contribution in [-0.2, 0) is 14.8 Å². The number of piperidine rings is 1. The second-order valence-electron chi connectivity index (χ2n) is 11.8. The van der Waals surface area contributed by atoms with E-state index in [1.54, 1.807) is 12.1 Å². The third-order valence-electron chi connectivity index (χ3n) is 8.98. The van der Waals surface area contributed by atoms with Crippen molar-refractivity contribution in [3.8, 4) is 0 Å². The molecule has 4 saturated carbocycles. The minimum absolute atomic E-state index is 0.128. The number of amides is 2. The first kappa shape index (κ1) is 24.5. The van der Waals surface area contributed by atoms with Gasteiger partial charge in [0.2, 0.25) is 15.9 Å². The molecule has 4 aliphatic carbocycles. The van der Waals surface area contributed by atoms with Gasteiger partial charge in [0.15, 0.2) is 0 Å². The first-order valence-corrected chi connectivity index (χ1v) is 14.4. The molecule has 0 spiro atoms. The van der Waals surface area contributed by atoms with Crippen LogP contribution in [0.3, 0.4) is 0 Å². The number of benzene rings is 1. The highest BCUT2D eigenvalue weighted by Crippen LogP contribution is 2.59. The molecule has 5 fully saturated rings. The summed E-state index contributed by atoms with van der Waals surface area (Å²) in [6, 6.07) is 6.28. The summed E-state index contributed by atoms with van der Waals surface area (Å²) in [5.74, 6) is 2.15. The molecule has 0 atom stereocenters. The van der Waals surface area contributed by atoms with Gasteiger partial charge in [-0.05, 0) is 112 Å². The molecule has 0 radical (unpaired) electrons. The van der Waals surface area contributed by atoms with Crippen molar-refractivity contribution in [1.29, 1.82) is 0 Å². The van der Waals surface area contributed by atoms with E-state index in [0.717, 1.165) is 24.3 Å². The van der Waals surface area contributed by atoms with Gasteiger partial charge in [-0.25, -0.2) is 8.42 Å². The number of sulfonamides is 1. The van der Waals surface area contributed by atoms with Gasteiger partial charge in [-0.15, -0.1) is 0 Å². The predicted molar refractivity (Wildman–Crippen MR) is 134 cm³/mol. The molecule has 1 aromatic carbocycles. The fourth-order valence-electron chi connectivity index (χ4n) is 7.50. The third kappa shape index (κ3) is 4.92. The Morgan fingerprint density at radius 2 is 1.57 bits per heavy atom. The van der Waals surface area contributed by atoms with Gasteiger partial charge in [0, 0.05) is 30.7 Å². The monoisotopic (exact) mass is 499 g/mol. The summed E-state index contributed by atoms with van der Waals surface area (Å²) < 4.78 is 27.8. The lowest BCUT2D eigenvalue weighted by atomic mass is 9.49. The Bertz CT molecular complexity index is 1070. The molecule has 1 aliphatic heterocycles. The molecular formula is C27H37N3O4S. The molecule has 4 bridgehead atoms. The van der Waals surface area contributed by atoms with E-state index in [2.05, 4.69) is 17.2 Å². The molecule has 6 rings (SSSR count). The lowest BCUT2D eigenvalue weighted by Gasteiger charge is -2.56. The summed E-state index contributed by atoms with van der Waals surface area (Å²) >= 11 is 0. The number of rotatable bonds is 7. The summed E-state index contributed by atoms with van der Waals surface area (Å²) in [4.78, 5) is 24.7. The average Bonchev–Trinajstić information content (AvgIpc) is 2.82. The molecule has 5 aliphatic rings. The maximum absolute atomic E-state index is 13.2. The summed E-state index contributed by atoms with van der Waals surface area (Å²) in [5.41, 5.74) is 0.310. The SMILES string of the molecule is C=CC(=O)NC1(C)CCN(S(=O)(=O)c2ccc(C(=O)NCC34CC5CC(CC(C5)C3)C4)cc2)CC1. The van der Waals surface area contributed by atoms with E-state index < -0.39 is 15.6 Å². The molecule has 8 heteroatoms. The van der Waals surface area contributed by atoms with E-state index >= 15 is 0 Å². The van der Waals surface area contributed by atoms with Crippen molar-refractivity contribution in [2.45, 2.75) is 68.7 Å². The Hall–Kier alpha value is -2.19. The average molecular weight is 500 g/mol. The number of carbonyl (C=O) groups excluding carboxylic acids is 2. The molecule has 2 amide bonds. The molecule has 1 aromatic rings. The van der Waals surface area contributed by atoms with Gasteiger partial charge in [0.1, 0.15) is 0 Å². The normalized spacial score (nSPS) is 31.6. The van der Waals surface area contributed by atoms with Crippen molar-refractivity contribution < 1.29 is 18.0 Å². The van der Waals surface area contributed by atoms with Crippen LogP contribution in [0.5, 0.6) is 0 Å². The van der Waals surface area contributed by atoms with Gasteiger partial charge in [0.25, 0.3) is 5.91 Å².